The molecular weight excluding hydrogens is 798 g/mol. The molecule has 0 amide bonds. The topological polar surface area (TPSA) is 80.3 Å². The second kappa shape index (κ2) is 48.6. The van der Waals surface area contributed by atoms with Crippen molar-refractivity contribution in [3.63, 3.8) is 0 Å². The molecule has 8 heteroatoms. The first-order chi connectivity index (χ1) is 21.2. The molecular formula is C36H74O4S2Sn2+2. The fourth-order valence-electron chi connectivity index (χ4n) is 3.87. The molecule has 0 bridgehead atoms. The van der Waals surface area contributed by atoms with Gasteiger partial charge in [-0.25, -0.2) is 0 Å². The van der Waals surface area contributed by atoms with Crippen LogP contribution >= 0.6 is 23.5 Å². The molecule has 0 N–H and O–H groups in total. The number of hydrogen-bond acceptors (Lipinski definition) is 6. The predicted octanol–water partition coefficient (Wildman–Crippen LogP) is 9.63. The molecule has 0 aliphatic heterocycles. The molecule has 0 rings (SSSR count). The molecule has 0 aliphatic rings. The molecule has 4 nitrogen and oxygen atoms in total. The van der Waals surface area contributed by atoms with Crippen molar-refractivity contribution >= 4 is 77.7 Å². The van der Waals surface area contributed by atoms with E-state index in [2.05, 4.69) is 55.4 Å². The Labute approximate surface area is 305 Å². The van der Waals surface area contributed by atoms with Crippen LogP contribution < -0.4 is 10.2 Å². The standard InChI is InChI=1S/2C10H20O2S.4C4H9.2Sn/c2*1-3-5-6-9(4-2)7-13-8-10(11)12;4*1-3-4-2;;/h2*9H,3-8H2,1-2H3,(H,11,12);4*1,3-4H2,2H3;;/q;;;;;;2*+2/p-2. The molecule has 0 saturated carbocycles. The molecule has 0 aromatic carbocycles. The molecule has 0 radical (unpaired) electrons. The SMILES string of the molecule is CCCCC(CC)CSCC(=O)[O-].CCCCC(CC)CSCC(=O)[O-].CCC[CH2][Sn+2][CH2]CCC.CCC[CH2][Sn+2][CH2]CCC. The van der Waals surface area contributed by atoms with E-state index < -0.39 is 11.9 Å². The van der Waals surface area contributed by atoms with Crippen molar-refractivity contribution in [1.29, 1.82) is 0 Å². The number of carboxylic acids is 2. The van der Waals surface area contributed by atoms with Gasteiger partial charge in [0.1, 0.15) is 0 Å². The van der Waals surface area contributed by atoms with Gasteiger partial charge in [0.25, 0.3) is 0 Å². The van der Waals surface area contributed by atoms with E-state index in [0.717, 1.165) is 24.3 Å². The molecule has 0 aromatic rings. The van der Waals surface area contributed by atoms with E-state index in [4.69, 9.17) is 0 Å². The molecule has 2 unspecified atom stereocenters. The maximum atomic E-state index is 10.2. The van der Waals surface area contributed by atoms with E-state index in [9.17, 15) is 19.8 Å². The van der Waals surface area contributed by atoms with E-state index >= 15 is 0 Å². The molecule has 0 heterocycles. The predicted molar refractivity (Wildman–Crippen MR) is 202 cm³/mol. The number of unbranched alkanes of at least 4 members (excludes halogenated alkanes) is 6. The van der Waals surface area contributed by atoms with Gasteiger partial charge in [-0.05, 0) is 36.2 Å². The summed E-state index contributed by atoms with van der Waals surface area (Å²) in [5, 5.41) is 20.3. The molecule has 0 aliphatic carbocycles. The number of carbonyl (C=O) groups excluding carboxylic acids is 2. The second-order valence-electron chi connectivity index (χ2n) is 11.5. The zero-order valence-electron chi connectivity index (χ0n) is 30.6. The van der Waals surface area contributed by atoms with Crippen LogP contribution in [-0.2, 0) is 9.59 Å². The van der Waals surface area contributed by atoms with Crippen LogP contribution in [0, 0.1) is 11.8 Å². The summed E-state index contributed by atoms with van der Waals surface area (Å²) >= 11 is 3.26. The van der Waals surface area contributed by atoms with Crippen LogP contribution in [0.3, 0.4) is 0 Å². The van der Waals surface area contributed by atoms with Crippen LogP contribution in [0.2, 0.25) is 17.7 Å². The van der Waals surface area contributed by atoms with Crippen LogP contribution in [0.25, 0.3) is 0 Å². The van der Waals surface area contributed by atoms with E-state index in [0.29, 0.717) is 11.8 Å². The minimum absolute atomic E-state index is 0.141. The van der Waals surface area contributed by atoms with E-state index in [1.165, 1.54) is 113 Å². The minimum atomic E-state index is -0.949. The Morgan fingerprint density at radius 1 is 0.500 bits per heavy atom. The van der Waals surface area contributed by atoms with Crippen molar-refractivity contribution in [2.75, 3.05) is 23.0 Å². The van der Waals surface area contributed by atoms with Crippen LogP contribution in [0.4, 0.5) is 0 Å². The van der Waals surface area contributed by atoms with E-state index in [-0.39, 0.29) is 53.8 Å². The summed E-state index contributed by atoms with van der Waals surface area (Å²) in [6.45, 7) is 17.9. The molecule has 44 heavy (non-hydrogen) atoms. The molecule has 0 fully saturated rings. The van der Waals surface area contributed by atoms with Gasteiger partial charge in [-0.15, -0.1) is 0 Å². The summed E-state index contributed by atoms with van der Waals surface area (Å²) in [6.07, 6.45) is 21.4. The zero-order valence-corrected chi connectivity index (χ0v) is 37.9. The van der Waals surface area contributed by atoms with Crippen molar-refractivity contribution in [1.82, 2.24) is 0 Å². The Hall–Kier alpha value is 1.24. The van der Waals surface area contributed by atoms with E-state index in [1.54, 1.807) is 17.7 Å². The summed E-state index contributed by atoms with van der Waals surface area (Å²) in [7, 11) is 0. The first-order valence-corrected chi connectivity index (χ1v) is 28.6. The summed E-state index contributed by atoms with van der Waals surface area (Å²) in [5.41, 5.74) is 0. The first kappa shape index (κ1) is 52.1. The first-order valence-electron chi connectivity index (χ1n) is 18.2. The quantitative estimate of drug-likeness (QED) is 0.0576. The van der Waals surface area contributed by atoms with Gasteiger partial charge < -0.3 is 19.8 Å². The van der Waals surface area contributed by atoms with Crippen molar-refractivity contribution < 1.29 is 19.8 Å². The van der Waals surface area contributed by atoms with Gasteiger partial charge in [0, 0.05) is 11.5 Å². The van der Waals surface area contributed by atoms with Gasteiger partial charge in [-0.2, -0.15) is 23.5 Å². The number of rotatable bonds is 28. The number of hydrogen-bond donors (Lipinski definition) is 0. The summed E-state index contributed by atoms with van der Waals surface area (Å²) in [4.78, 5) is 20.3. The van der Waals surface area contributed by atoms with Crippen LogP contribution in [0.5, 0.6) is 0 Å². The zero-order chi connectivity index (χ0) is 34.1. The molecule has 260 valence electrons. The number of aliphatic carboxylic acids is 2. The van der Waals surface area contributed by atoms with Crippen molar-refractivity contribution in [2.24, 2.45) is 11.8 Å². The average Bonchev–Trinajstić information content (AvgIpc) is 3.01. The molecule has 2 atom stereocenters. The number of carbonyl (C=O) groups is 2. The fraction of sp³-hybridized carbons (Fsp3) is 0.944. The Morgan fingerprint density at radius 3 is 0.977 bits per heavy atom. The second-order valence-corrected chi connectivity index (χ2v) is 22.1. The van der Waals surface area contributed by atoms with Crippen molar-refractivity contribution in [2.45, 2.75) is 176 Å². The third-order valence-electron chi connectivity index (χ3n) is 7.06. The van der Waals surface area contributed by atoms with Crippen molar-refractivity contribution in [3.8, 4) is 0 Å². The monoisotopic (exact) mass is 874 g/mol. The van der Waals surface area contributed by atoms with Crippen LogP contribution in [-0.4, -0.2) is 77.2 Å². The fourth-order valence-corrected chi connectivity index (χ4v) is 14.2. The third kappa shape index (κ3) is 55.6. The summed E-state index contributed by atoms with van der Waals surface area (Å²) in [5.74, 6) is 1.68. The Bertz CT molecular complexity index is 484. The van der Waals surface area contributed by atoms with Crippen LogP contribution in [0.1, 0.15) is 158 Å². The Morgan fingerprint density at radius 2 is 0.773 bits per heavy atom. The van der Waals surface area contributed by atoms with Crippen LogP contribution in [0.15, 0.2) is 0 Å². The summed E-state index contributed by atoms with van der Waals surface area (Å²) in [6, 6.07) is 0. The van der Waals surface area contributed by atoms with Gasteiger partial charge in [-0.3, -0.25) is 0 Å². The van der Waals surface area contributed by atoms with Gasteiger partial charge >= 0.3 is 139 Å². The maximum absolute atomic E-state index is 10.2. The Balaban J connectivity index is -0.000000246. The Kier molecular flexibility index (Phi) is 57.5. The van der Waals surface area contributed by atoms with Gasteiger partial charge in [0.15, 0.2) is 0 Å². The molecule has 0 saturated heterocycles. The third-order valence-corrected chi connectivity index (χ3v) is 17.4. The summed E-state index contributed by atoms with van der Waals surface area (Å²) < 4.78 is 6.50. The average molecular weight is 873 g/mol. The van der Waals surface area contributed by atoms with E-state index in [1.807, 2.05) is 0 Å². The van der Waals surface area contributed by atoms with Gasteiger partial charge in [-0.1, -0.05) is 66.2 Å². The van der Waals surface area contributed by atoms with Gasteiger partial charge in [0.2, 0.25) is 0 Å². The molecule has 0 aromatic heterocycles. The molecule has 0 spiro atoms. The number of carboxylic acid groups (broad SMARTS) is 2. The van der Waals surface area contributed by atoms with Crippen molar-refractivity contribution in [3.05, 3.63) is 0 Å². The normalized spacial score (nSPS) is 11.3. The number of thioether (sulfide) groups is 2. The van der Waals surface area contributed by atoms with Gasteiger partial charge in [0.05, 0.1) is 11.9 Å².